The molecule has 4 heteroatoms. The summed E-state index contributed by atoms with van der Waals surface area (Å²) in [5, 5.41) is 6.43. The molecule has 4 nitrogen and oxygen atoms in total. The fourth-order valence-electron chi connectivity index (χ4n) is 2.64. The van der Waals surface area contributed by atoms with Gasteiger partial charge in [0, 0.05) is 25.6 Å². The van der Waals surface area contributed by atoms with Crippen molar-refractivity contribution in [2.24, 2.45) is 0 Å². The minimum atomic E-state index is 0.179. The fourth-order valence-corrected chi connectivity index (χ4v) is 2.64. The lowest BCUT2D eigenvalue weighted by Gasteiger charge is -2.12. The molecule has 2 N–H and O–H groups in total. The molecule has 2 atom stereocenters. The van der Waals surface area contributed by atoms with E-state index in [4.69, 9.17) is 4.74 Å². The van der Waals surface area contributed by atoms with Gasteiger partial charge in [-0.05, 0) is 45.1 Å². The number of hydrogen-bond donors (Lipinski definition) is 2. The average Bonchev–Trinajstić information content (AvgIpc) is 2.99. The molecule has 0 aliphatic carbocycles. The van der Waals surface area contributed by atoms with Crippen LogP contribution in [0.15, 0.2) is 0 Å². The topological polar surface area (TPSA) is 50.4 Å². The van der Waals surface area contributed by atoms with E-state index in [1.54, 1.807) is 0 Å². The molecule has 2 rings (SSSR count). The number of carbonyl (C=O) groups is 1. The number of hydrogen-bond acceptors (Lipinski definition) is 3. The van der Waals surface area contributed by atoms with Crippen LogP contribution in [0.1, 0.15) is 44.9 Å². The van der Waals surface area contributed by atoms with Gasteiger partial charge in [0.1, 0.15) is 0 Å². The fraction of sp³-hybridized carbons (Fsp3) is 0.923. The van der Waals surface area contributed by atoms with Gasteiger partial charge in [-0.25, -0.2) is 0 Å². The number of amides is 1. The first-order valence-electron chi connectivity index (χ1n) is 6.96. The summed E-state index contributed by atoms with van der Waals surface area (Å²) in [4.78, 5) is 11.6. The maximum absolute atomic E-state index is 11.6. The van der Waals surface area contributed by atoms with Gasteiger partial charge in [-0.15, -0.1) is 0 Å². The number of ether oxygens (including phenoxy) is 1. The number of rotatable bonds is 6. The minimum Gasteiger partial charge on any atom is -0.378 e. The molecule has 0 aromatic carbocycles. The zero-order valence-electron chi connectivity index (χ0n) is 10.5. The predicted octanol–water partition coefficient (Wildman–Crippen LogP) is 1.20. The van der Waals surface area contributed by atoms with E-state index in [2.05, 4.69) is 10.6 Å². The highest BCUT2D eigenvalue weighted by Gasteiger charge is 2.17. The Morgan fingerprint density at radius 2 is 2.24 bits per heavy atom. The molecular weight excluding hydrogens is 216 g/mol. The lowest BCUT2D eigenvalue weighted by molar-refractivity contribution is -0.121. The summed E-state index contributed by atoms with van der Waals surface area (Å²) in [5.41, 5.74) is 0. The van der Waals surface area contributed by atoms with E-state index >= 15 is 0 Å². The molecule has 17 heavy (non-hydrogen) atoms. The van der Waals surface area contributed by atoms with Crippen LogP contribution in [0.25, 0.3) is 0 Å². The summed E-state index contributed by atoms with van der Waals surface area (Å²) in [5.74, 6) is 0.179. The first kappa shape index (κ1) is 12.8. The lowest BCUT2D eigenvalue weighted by atomic mass is 10.1. The molecule has 2 heterocycles. The van der Waals surface area contributed by atoms with E-state index < -0.39 is 0 Å². The normalized spacial score (nSPS) is 28.5. The second-order valence-corrected chi connectivity index (χ2v) is 5.11. The van der Waals surface area contributed by atoms with Crippen molar-refractivity contribution in [3.05, 3.63) is 0 Å². The highest BCUT2D eigenvalue weighted by atomic mass is 16.5. The second-order valence-electron chi connectivity index (χ2n) is 5.11. The molecule has 0 spiro atoms. The molecule has 0 aromatic rings. The molecule has 2 saturated heterocycles. The monoisotopic (exact) mass is 240 g/mol. The van der Waals surface area contributed by atoms with Gasteiger partial charge >= 0.3 is 0 Å². The molecule has 2 aliphatic heterocycles. The van der Waals surface area contributed by atoms with Crippen LogP contribution < -0.4 is 10.6 Å². The molecule has 98 valence electrons. The van der Waals surface area contributed by atoms with Gasteiger partial charge in [0.2, 0.25) is 5.91 Å². The number of carbonyl (C=O) groups excluding carboxylic acids is 1. The van der Waals surface area contributed by atoms with Gasteiger partial charge in [-0.3, -0.25) is 4.79 Å². The van der Waals surface area contributed by atoms with Crippen molar-refractivity contribution in [2.45, 2.75) is 57.1 Å². The molecule has 0 radical (unpaired) electrons. The molecule has 1 unspecified atom stereocenters. The smallest absolute Gasteiger partial charge is 0.220 e. The SMILES string of the molecule is O=C(CCC1CCCO1)NCC[C@@H]1CCCN1. The maximum Gasteiger partial charge on any atom is 0.220 e. The average molecular weight is 240 g/mol. The first-order valence-corrected chi connectivity index (χ1v) is 6.96. The molecule has 1 amide bonds. The van der Waals surface area contributed by atoms with Crippen LogP contribution in [0.5, 0.6) is 0 Å². The quantitative estimate of drug-likeness (QED) is 0.733. The third-order valence-corrected chi connectivity index (χ3v) is 3.69. The van der Waals surface area contributed by atoms with Crippen molar-refractivity contribution in [3.63, 3.8) is 0 Å². The standard InChI is InChI=1S/C13H24N2O2/c16-13(6-5-12-4-2-10-17-12)15-9-7-11-3-1-8-14-11/h11-12,14H,1-10H2,(H,15,16)/t11-,12?/m0/s1. The first-order chi connectivity index (χ1) is 8.34. The van der Waals surface area contributed by atoms with Crippen LogP contribution in [0.4, 0.5) is 0 Å². The van der Waals surface area contributed by atoms with Gasteiger partial charge in [0.15, 0.2) is 0 Å². The largest absolute Gasteiger partial charge is 0.378 e. The predicted molar refractivity (Wildman–Crippen MR) is 66.9 cm³/mol. The highest BCUT2D eigenvalue weighted by Crippen LogP contribution is 2.16. The highest BCUT2D eigenvalue weighted by molar-refractivity contribution is 5.75. The maximum atomic E-state index is 11.6. The van der Waals surface area contributed by atoms with Crippen molar-refractivity contribution >= 4 is 5.91 Å². The Morgan fingerprint density at radius 3 is 2.94 bits per heavy atom. The Morgan fingerprint density at radius 1 is 1.29 bits per heavy atom. The Labute approximate surface area is 103 Å². The summed E-state index contributed by atoms with van der Waals surface area (Å²) in [7, 11) is 0. The van der Waals surface area contributed by atoms with Crippen LogP contribution in [-0.4, -0.2) is 37.7 Å². The third kappa shape index (κ3) is 4.64. The zero-order chi connectivity index (χ0) is 11.9. The van der Waals surface area contributed by atoms with Crippen LogP contribution in [0, 0.1) is 0 Å². The molecule has 2 fully saturated rings. The van der Waals surface area contributed by atoms with Gasteiger partial charge in [0.25, 0.3) is 0 Å². The molecule has 0 aromatic heterocycles. The van der Waals surface area contributed by atoms with E-state index in [0.29, 0.717) is 18.6 Å². The van der Waals surface area contributed by atoms with Crippen molar-refractivity contribution in [1.29, 1.82) is 0 Å². The van der Waals surface area contributed by atoms with E-state index in [-0.39, 0.29) is 5.91 Å². The zero-order valence-corrected chi connectivity index (χ0v) is 10.5. The van der Waals surface area contributed by atoms with Gasteiger partial charge < -0.3 is 15.4 Å². The van der Waals surface area contributed by atoms with Crippen LogP contribution in [-0.2, 0) is 9.53 Å². The van der Waals surface area contributed by atoms with E-state index in [0.717, 1.165) is 45.4 Å². The molecular formula is C13H24N2O2. The van der Waals surface area contributed by atoms with Gasteiger partial charge in [0.05, 0.1) is 6.10 Å². The van der Waals surface area contributed by atoms with Gasteiger partial charge in [-0.2, -0.15) is 0 Å². The van der Waals surface area contributed by atoms with E-state index in [1.165, 1.54) is 12.8 Å². The Bertz CT molecular complexity index is 234. The molecule has 0 bridgehead atoms. The van der Waals surface area contributed by atoms with E-state index in [9.17, 15) is 4.79 Å². The summed E-state index contributed by atoms with van der Waals surface area (Å²) in [6.45, 7) is 2.82. The summed E-state index contributed by atoms with van der Waals surface area (Å²) in [6, 6.07) is 0.619. The van der Waals surface area contributed by atoms with Gasteiger partial charge in [-0.1, -0.05) is 0 Å². The lowest BCUT2D eigenvalue weighted by Crippen LogP contribution is -2.30. The van der Waals surface area contributed by atoms with Crippen molar-refractivity contribution in [3.8, 4) is 0 Å². The number of nitrogens with one attached hydrogen (secondary N) is 2. The summed E-state index contributed by atoms with van der Waals surface area (Å²) >= 11 is 0. The van der Waals surface area contributed by atoms with Crippen molar-refractivity contribution < 1.29 is 9.53 Å². The van der Waals surface area contributed by atoms with Crippen LogP contribution in [0.3, 0.4) is 0 Å². The summed E-state index contributed by atoms with van der Waals surface area (Å²) in [6.07, 6.45) is 7.70. The van der Waals surface area contributed by atoms with Crippen molar-refractivity contribution in [2.75, 3.05) is 19.7 Å². The third-order valence-electron chi connectivity index (χ3n) is 3.69. The second kappa shape index (κ2) is 6.97. The summed E-state index contributed by atoms with van der Waals surface area (Å²) < 4.78 is 5.50. The Balaban J connectivity index is 1.48. The molecule has 0 saturated carbocycles. The van der Waals surface area contributed by atoms with Crippen LogP contribution >= 0.6 is 0 Å². The van der Waals surface area contributed by atoms with Crippen molar-refractivity contribution in [1.82, 2.24) is 10.6 Å². The van der Waals surface area contributed by atoms with E-state index in [1.807, 2.05) is 0 Å². The van der Waals surface area contributed by atoms with Crippen LogP contribution in [0.2, 0.25) is 0 Å². The minimum absolute atomic E-state index is 0.179. The Hall–Kier alpha value is -0.610. The molecule has 2 aliphatic rings. The Kier molecular flexibility index (Phi) is 5.26.